The summed E-state index contributed by atoms with van der Waals surface area (Å²) in [5.74, 6) is 0. The van der Waals surface area contributed by atoms with Crippen LogP contribution >= 0.6 is 0 Å². The Bertz CT molecular complexity index is 419. The number of rotatable bonds is 40. The Balaban J connectivity index is 3.02. The molecule has 0 atom stereocenters. The Kier molecular flexibility index (Phi) is 41.7. The van der Waals surface area contributed by atoms with E-state index in [2.05, 4.69) is 6.92 Å². The Labute approximate surface area is 271 Å². The number of ether oxygens (including phenoxy) is 3. The third-order valence-electron chi connectivity index (χ3n) is 8.87. The predicted octanol–water partition coefficient (Wildman–Crippen LogP) is 12.1. The molecule has 0 aliphatic heterocycles. The van der Waals surface area contributed by atoms with Gasteiger partial charge in [-0.15, -0.1) is 0 Å². The molecule has 43 heavy (non-hydrogen) atoms. The zero-order valence-electron chi connectivity index (χ0n) is 29.5. The quantitative estimate of drug-likeness (QED) is 0.0699. The van der Waals surface area contributed by atoms with E-state index in [1.54, 1.807) is 0 Å². The van der Waals surface area contributed by atoms with Crippen LogP contribution in [0.15, 0.2) is 0 Å². The maximum Gasteiger partial charge on any atom is 0.0701 e. The number of hydrogen-bond acceptors (Lipinski definition) is 4. The third-order valence-corrected chi connectivity index (χ3v) is 8.87. The van der Waals surface area contributed by atoms with Crippen molar-refractivity contribution in [2.45, 2.75) is 206 Å². The number of hydrogen-bond donors (Lipinski definition) is 1. The molecular weight excluding hydrogens is 532 g/mol. The van der Waals surface area contributed by atoms with Gasteiger partial charge in [-0.2, -0.15) is 0 Å². The van der Waals surface area contributed by atoms with Gasteiger partial charge < -0.3 is 19.3 Å². The second kappa shape index (κ2) is 41.8. The maximum atomic E-state index is 8.61. The first kappa shape index (κ1) is 42.8. The summed E-state index contributed by atoms with van der Waals surface area (Å²) in [6.07, 6.45) is 44.7. The van der Waals surface area contributed by atoms with Crippen molar-refractivity contribution >= 4 is 0 Å². The molecule has 0 aliphatic carbocycles. The number of aliphatic hydroxyl groups is 1. The standard InChI is InChI=1S/C39H80O4/c1-2-3-4-5-6-7-8-9-10-11-12-13-14-15-16-17-18-19-20-21-22-23-24-25-26-27-28-29-30-31-32-34-41-36-38-43-39-37-42-35-33-40/h40H,2-39H2,1H3. The molecule has 0 fully saturated rings. The van der Waals surface area contributed by atoms with E-state index in [4.69, 9.17) is 19.3 Å². The van der Waals surface area contributed by atoms with Crippen LogP contribution in [0.5, 0.6) is 0 Å². The van der Waals surface area contributed by atoms with Crippen molar-refractivity contribution in [1.82, 2.24) is 0 Å². The van der Waals surface area contributed by atoms with Crippen LogP contribution in [0.4, 0.5) is 0 Å². The molecule has 0 aromatic heterocycles. The van der Waals surface area contributed by atoms with Gasteiger partial charge in [-0.05, 0) is 6.42 Å². The van der Waals surface area contributed by atoms with Gasteiger partial charge in [0.05, 0.1) is 39.6 Å². The second-order valence-corrected chi connectivity index (χ2v) is 13.2. The van der Waals surface area contributed by atoms with Crippen LogP contribution in [0.3, 0.4) is 0 Å². The van der Waals surface area contributed by atoms with E-state index in [-0.39, 0.29) is 6.61 Å². The normalized spacial score (nSPS) is 11.6. The summed E-state index contributed by atoms with van der Waals surface area (Å²) in [5.41, 5.74) is 0. The van der Waals surface area contributed by atoms with Crippen molar-refractivity contribution < 1.29 is 19.3 Å². The topological polar surface area (TPSA) is 47.9 Å². The lowest BCUT2D eigenvalue weighted by atomic mass is 10.0. The smallest absolute Gasteiger partial charge is 0.0701 e. The summed E-state index contributed by atoms with van der Waals surface area (Å²) in [5, 5.41) is 8.61. The Morgan fingerprint density at radius 1 is 0.256 bits per heavy atom. The molecule has 260 valence electrons. The lowest BCUT2D eigenvalue weighted by molar-refractivity contribution is 0.00719. The van der Waals surface area contributed by atoms with Gasteiger partial charge in [0.15, 0.2) is 0 Å². The van der Waals surface area contributed by atoms with Crippen molar-refractivity contribution in [3.05, 3.63) is 0 Å². The van der Waals surface area contributed by atoms with Crippen molar-refractivity contribution in [1.29, 1.82) is 0 Å². The molecule has 4 heteroatoms. The van der Waals surface area contributed by atoms with E-state index in [1.165, 1.54) is 199 Å². The largest absolute Gasteiger partial charge is 0.394 e. The summed E-state index contributed by atoms with van der Waals surface area (Å²) in [6.45, 7) is 6.02. The van der Waals surface area contributed by atoms with Crippen molar-refractivity contribution in [2.75, 3.05) is 46.2 Å². The van der Waals surface area contributed by atoms with Crippen molar-refractivity contribution in [2.24, 2.45) is 0 Å². The zero-order valence-corrected chi connectivity index (χ0v) is 29.5. The average molecular weight is 613 g/mol. The fraction of sp³-hybridized carbons (Fsp3) is 1.00. The summed E-state index contributed by atoms with van der Waals surface area (Å²) in [4.78, 5) is 0. The minimum atomic E-state index is 0.0722. The Hall–Kier alpha value is -0.160. The number of unbranched alkanes of at least 4 members (excludes halogenated alkanes) is 30. The zero-order chi connectivity index (χ0) is 31.0. The van der Waals surface area contributed by atoms with Crippen LogP contribution in [0.1, 0.15) is 206 Å². The lowest BCUT2D eigenvalue weighted by Gasteiger charge is -2.06. The van der Waals surface area contributed by atoms with E-state index in [0.29, 0.717) is 33.0 Å². The average Bonchev–Trinajstić information content (AvgIpc) is 3.02. The summed E-state index contributed by atoms with van der Waals surface area (Å²) in [6, 6.07) is 0. The van der Waals surface area contributed by atoms with E-state index < -0.39 is 0 Å². The first-order chi connectivity index (χ1) is 21.4. The van der Waals surface area contributed by atoms with Gasteiger partial charge in [-0.25, -0.2) is 0 Å². The molecular formula is C39H80O4. The molecule has 0 rings (SSSR count). The first-order valence-corrected chi connectivity index (χ1v) is 19.8. The highest BCUT2D eigenvalue weighted by Crippen LogP contribution is 2.16. The maximum absolute atomic E-state index is 8.61. The molecule has 0 bridgehead atoms. The molecule has 1 N–H and O–H groups in total. The first-order valence-electron chi connectivity index (χ1n) is 19.8. The molecule has 0 amide bonds. The molecule has 4 nitrogen and oxygen atoms in total. The molecule has 0 saturated carbocycles. The highest BCUT2D eigenvalue weighted by molar-refractivity contribution is 4.52. The molecule has 0 radical (unpaired) electrons. The predicted molar refractivity (Wildman–Crippen MR) is 188 cm³/mol. The molecule has 0 aromatic carbocycles. The molecule has 0 aliphatic rings. The van der Waals surface area contributed by atoms with E-state index >= 15 is 0 Å². The fourth-order valence-electron chi connectivity index (χ4n) is 6.01. The van der Waals surface area contributed by atoms with Gasteiger partial charge >= 0.3 is 0 Å². The number of aliphatic hydroxyl groups excluding tert-OH is 1. The monoisotopic (exact) mass is 613 g/mol. The fourth-order valence-corrected chi connectivity index (χ4v) is 6.01. The van der Waals surface area contributed by atoms with Crippen molar-refractivity contribution in [3.8, 4) is 0 Å². The summed E-state index contributed by atoms with van der Waals surface area (Å²) >= 11 is 0. The second-order valence-electron chi connectivity index (χ2n) is 13.2. The van der Waals surface area contributed by atoms with E-state index in [0.717, 1.165) is 6.61 Å². The van der Waals surface area contributed by atoms with Crippen LogP contribution in [-0.2, 0) is 14.2 Å². The highest BCUT2D eigenvalue weighted by Gasteiger charge is 1.98. The molecule has 0 unspecified atom stereocenters. The Morgan fingerprint density at radius 3 is 0.721 bits per heavy atom. The van der Waals surface area contributed by atoms with E-state index in [9.17, 15) is 0 Å². The van der Waals surface area contributed by atoms with Crippen LogP contribution < -0.4 is 0 Å². The molecule has 0 aromatic rings. The molecule has 0 heterocycles. The van der Waals surface area contributed by atoms with Crippen LogP contribution in [0, 0.1) is 0 Å². The van der Waals surface area contributed by atoms with Gasteiger partial charge in [-0.1, -0.05) is 200 Å². The van der Waals surface area contributed by atoms with Crippen molar-refractivity contribution in [3.63, 3.8) is 0 Å². The van der Waals surface area contributed by atoms with Gasteiger partial charge in [0.1, 0.15) is 0 Å². The van der Waals surface area contributed by atoms with E-state index in [1.807, 2.05) is 0 Å². The van der Waals surface area contributed by atoms with Crippen LogP contribution in [-0.4, -0.2) is 51.4 Å². The van der Waals surface area contributed by atoms with Gasteiger partial charge in [-0.3, -0.25) is 0 Å². The minimum absolute atomic E-state index is 0.0722. The highest BCUT2D eigenvalue weighted by atomic mass is 16.5. The minimum Gasteiger partial charge on any atom is -0.394 e. The summed E-state index contributed by atoms with van der Waals surface area (Å²) in [7, 11) is 0. The van der Waals surface area contributed by atoms with Crippen LogP contribution in [0.2, 0.25) is 0 Å². The third kappa shape index (κ3) is 41.8. The Morgan fingerprint density at radius 2 is 0.465 bits per heavy atom. The summed E-state index contributed by atoms with van der Waals surface area (Å²) < 4.78 is 16.2. The SMILES string of the molecule is CCCCCCCCCCCCCCCCCCCCCCCCCCCCCCCCCOCCOCCOCCO. The van der Waals surface area contributed by atoms with Gasteiger partial charge in [0.25, 0.3) is 0 Å². The molecule has 0 saturated heterocycles. The van der Waals surface area contributed by atoms with Crippen LogP contribution in [0.25, 0.3) is 0 Å². The van der Waals surface area contributed by atoms with Gasteiger partial charge in [0.2, 0.25) is 0 Å². The lowest BCUT2D eigenvalue weighted by Crippen LogP contribution is -2.11. The molecule has 0 spiro atoms. The van der Waals surface area contributed by atoms with Gasteiger partial charge in [0, 0.05) is 6.61 Å².